The number of nitrogens with zero attached hydrogens (tertiary/aromatic N) is 2. The van der Waals surface area contributed by atoms with Gasteiger partial charge in [-0.3, -0.25) is 4.90 Å². The number of likely N-dealkylation sites (N-methyl/N-ethyl adjacent to an activating group) is 2. The van der Waals surface area contributed by atoms with E-state index >= 15 is 0 Å². The predicted molar refractivity (Wildman–Crippen MR) is 79.4 cm³/mol. The monoisotopic (exact) mass is 263 g/mol. The minimum Gasteiger partial charge on any atom is -0.497 e. The Labute approximate surface area is 116 Å². The molecule has 1 heterocycles. The molecular formula is C15H25N3O. The van der Waals surface area contributed by atoms with E-state index in [-0.39, 0.29) is 0 Å². The van der Waals surface area contributed by atoms with Crippen LogP contribution in [-0.2, 0) is 6.54 Å². The fraction of sp³-hybridized carbons (Fsp3) is 0.600. The number of rotatable bonds is 4. The van der Waals surface area contributed by atoms with E-state index in [2.05, 4.69) is 23.9 Å². The quantitative estimate of drug-likeness (QED) is 0.841. The fourth-order valence-electron chi connectivity index (χ4n) is 2.74. The van der Waals surface area contributed by atoms with Gasteiger partial charge >= 0.3 is 0 Å². The van der Waals surface area contributed by atoms with Gasteiger partial charge < -0.3 is 15.4 Å². The zero-order valence-electron chi connectivity index (χ0n) is 12.2. The summed E-state index contributed by atoms with van der Waals surface area (Å²) in [5, 5.41) is 0. The lowest BCUT2D eigenvalue weighted by Crippen LogP contribution is -2.44. The van der Waals surface area contributed by atoms with Gasteiger partial charge in [0.2, 0.25) is 0 Å². The minimum absolute atomic E-state index is 0.615. The van der Waals surface area contributed by atoms with Gasteiger partial charge in [-0.05, 0) is 57.2 Å². The molecule has 2 N–H and O–H groups in total. The van der Waals surface area contributed by atoms with E-state index in [0.29, 0.717) is 6.04 Å². The molecule has 1 saturated heterocycles. The molecule has 0 bridgehead atoms. The first kappa shape index (κ1) is 14.2. The number of piperidine rings is 1. The number of hydrogen-bond acceptors (Lipinski definition) is 4. The van der Waals surface area contributed by atoms with Crippen LogP contribution in [0, 0.1) is 0 Å². The number of likely N-dealkylation sites (tertiary alicyclic amines) is 1. The Morgan fingerprint density at radius 3 is 2.95 bits per heavy atom. The zero-order valence-corrected chi connectivity index (χ0v) is 12.2. The van der Waals surface area contributed by atoms with E-state index in [1.54, 1.807) is 7.11 Å². The molecule has 4 nitrogen and oxygen atoms in total. The lowest BCUT2D eigenvalue weighted by molar-refractivity contribution is 0.129. The van der Waals surface area contributed by atoms with E-state index in [1.807, 2.05) is 18.2 Å². The maximum absolute atomic E-state index is 6.06. The molecule has 1 aliphatic heterocycles. The number of benzene rings is 1. The van der Waals surface area contributed by atoms with Crippen molar-refractivity contribution in [2.24, 2.45) is 0 Å². The lowest BCUT2D eigenvalue weighted by atomic mass is 10.0. The number of anilines is 1. The first-order valence-electron chi connectivity index (χ1n) is 6.91. The van der Waals surface area contributed by atoms with Crippen LogP contribution in [0.2, 0.25) is 0 Å². The van der Waals surface area contributed by atoms with Crippen LogP contribution in [0.3, 0.4) is 0 Å². The Bertz CT molecular complexity index is 422. The maximum Gasteiger partial charge on any atom is 0.119 e. The van der Waals surface area contributed by atoms with Gasteiger partial charge in [0.25, 0.3) is 0 Å². The molecule has 0 spiro atoms. The van der Waals surface area contributed by atoms with Gasteiger partial charge in [-0.1, -0.05) is 0 Å². The van der Waals surface area contributed by atoms with Gasteiger partial charge in [-0.25, -0.2) is 0 Å². The summed E-state index contributed by atoms with van der Waals surface area (Å²) in [6.07, 6.45) is 2.55. The number of ether oxygens (including phenoxy) is 1. The molecular weight excluding hydrogens is 238 g/mol. The summed E-state index contributed by atoms with van der Waals surface area (Å²) < 4.78 is 5.27. The second-order valence-corrected chi connectivity index (χ2v) is 5.54. The smallest absolute Gasteiger partial charge is 0.119 e. The van der Waals surface area contributed by atoms with Crippen molar-refractivity contribution in [1.82, 2.24) is 9.80 Å². The van der Waals surface area contributed by atoms with Crippen LogP contribution in [0.15, 0.2) is 18.2 Å². The van der Waals surface area contributed by atoms with Gasteiger partial charge in [0.05, 0.1) is 7.11 Å². The Morgan fingerprint density at radius 1 is 1.47 bits per heavy atom. The third kappa shape index (κ3) is 3.61. The molecule has 2 rings (SSSR count). The Balaban J connectivity index is 2.03. The molecule has 1 unspecified atom stereocenters. The highest BCUT2D eigenvalue weighted by molar-refractivity contribution is 5.50. The van der Waals surface area contributed by atoms with Crippen LogP contribution in [0.25, 0.3) is 0 Å². The van der Waals surface area contributed by atoms with Gasteiger partial charge in [-0.15, -0.1) is 0 Å². The van der Waals surface area contributed by atoms with E-state index in [1.165, 1.54) is 19.4 Å². The summed E-state index contributed by atoms with van der Waals surface area (Å²) in [5.41, 5.74) is 8.05. The first-order chi connectivity index (χ1) is 9.10. The molecule has 1 aromatic rings. The highest BCUT2D eigenvalue weighted by Gasteiger charge is 2.21. The highest BCUT2D eigenvalue weighted by atomic mass is 16.5. The Morgan fingerprint density at radius 2 is 2.26 bits per heavy atom. The van der Waals surface area contributed by atoms with Crippen molar-refractivity contribution in [3.63, 3.8) is 0 Å². The normalized spacial score (nSPS) is 20.7. The van der Waals surface area contributed by atoms with E-state index < -0.39 is 0 Å². The first-order valence-corrected chi connectivity index (χ1v) is 6.91. The van der Waals surface area contributed by atoms with Crippen molar-refractivity contribution < 1.29 is 4.74 Å². The van der Waals surface area contributed by atoms with Crippen LogP contribution in [0.5, 0.6) is 5.75 Å². The topological polar surface area (TPSA) is 41.7 Å². The number of hydrogen-bond donors (Lipinski definition) is 1. The van der Waals surface area contributed by atoms with Gasteiger partial charge in [0, 0.05) is 24.8 Å². The molecule has 0 radical (unpaired) electrons. The van der Waals surface area contributed by atoms with E-state index in [9.17, 15) is 0 Å². The summed E-state index contributed by atoms with van der Waals surface area (Å²) >= 11 is 0. The van der Waals surface area contributed by atoms with Crippen LogP contribution in [0.4, 0.5) is 5.69 Å². The summed E-state index contributed by atoms with van der Waals surface area (Å²) in [6.45, 7) is 3.23. The summed E-state index contributed by atoms with van der Waals surface area (Å²) in [4.78, 5) is 4.81. The van der Waals surface area contributed by atoms with Crippen LogP contribution >= 0.6 is 0 Å². The molecule has 0 amide bonds. The van der Waals surface area contributed by atoms with Crippen molar-refractivity contribution in [2.75, 3.05) is 40.0 Å². The van der Waals surface area contributed by atoms with Crippen molar-refractivity contribution >= 4 is 5.69 Å². The Hall–Kier alpha value is -1.26. The summed E-state index contributed by atoms with van der Waals surface area (Å²) in [7, 11) is 6.07. The van der Waals surface area contributed by atoms with Crippen LogP contribution in [0.1, 0.15) is 18.4 Å². The number of nitrogens with two attached hydrogens (primary N) is 1. The van der Waals surface area contributed by atoms with Gasteiger partial charge in [-0.2, -0.15) is 0 Å². The van der Waals surface area contributed by atoms with E-state index in [0.717, 1.165) is 30.1 Å². The average molecular weight is 263 g/mol. The molecule has 1 aliphatic rings. The molecule has 1 aromatic carbocycles. The predicted octanol–water partition coefficient (Wildman–Crippen LogP) is 1.80. The molecule has 19 heavy (non-hydrogen) atoms. The standard InChI is InChI=1S/C15H25N3O/c1-17-8-4-5-13(11-17)18(2)10-12-9-14(19-3)6-7-15(12)16/h6-7,9,13H,4-5,8,10-11,16H2,1-3H3. The second kappa shape index (κ2) is 6.26. The minimum atomic E-state index is 0.615. The molecule has 0 saturated carbocycles. The van der Waals surface area contributed by atoms with Crippen LogP contribution in [-0.4, -0.2) is 50.1 Å². The van der Waals surface area contributed by atoms with Crippen molar-refractivity contribution in [2.45, 2.75) is 25.4 Å². The van der Waals surface area contributed by atoms with Crippen molar-refractivity contribution in [3.8, 4) is 5.75 Å². The lowest BCUT2D eigenvalue weighted by Gasteiger charge is -2.36. The highest BCUT2D eigenvalue weighted by Crippen LogP contribution is 2.23. The molecule has 0 aromatic heterocycles. The largest absolute Gasteiger partial charge is 0.497 e. The van der Waals surface area contributed by atoms with Crippen molar-refractivity contribution in [3.05, 3.63) is 23.8 Å². The molecule has 4 heteroatoms. The van der Waals surface area contributed by atoms with Gasteiger partial charge in [0.1, 0.15) is 5.75 Å². The molecule has 106 valence electrons. The third-order valence-corrected chi connectivity index (χ3v) is 3.99. The average Bonchev–Trinajstić information content (AvgIpc) is 2.41. The fourth-order valence-corrected chi connectivity index (χ4v) is 2.74. The summed E-state index contributed by atoms with van der Waals surface area (Å²) in [6, 6.07) is 6.49. The molecule has 1 atom stereocenters. The number of nitrogen functional groups attached to an aromatic ring is 1. The molecule has 0 aliphatic carbocycles. The van der Waals surface area contributed by atoms with E-state index in [4.69, 9.17) is 10.5 Å². The zero-order chi connectivity index (χ0) is 13.8. The molecule has 1 fully saturated rings. The van der Waals surface area contributed by atoms with Crippen LogP contribution < -0.4 is 10.5 Å². The van der Waals surface area contributed by atoms with Gasteiger partial charge in [0.15, 0.2) is 0 Å². The summed E-state index contributed by atoms with van der Waals surface area (Å²) in [5.74, 6) is 0.873. The third-order valence-electron chi connectivity index (χ3n) is 3.99. The second-order valence-electron chi connectivity index (χ2n) is 5.54. The maximum atomic E-state index is 6.06. The SMILES string of the molecule is COc1ccc(N)c(CN(C)C2CCCN(C)C2)c1. The number of methoxy groups -OCH3 is 1. The van der Waals surface area contributed by atoms with Crippen molar-refractivity contribution in [1.29, 1.82) is 0 Å². The Kier molecular flexibility index (Phi) is 4.66.